The second-order valence-electron chi connectivity index (χ2n) is 4.16. The molecule has 0 aliphatic carbocycles. The first-order chi connectivity index (χ1) is 9.01. The van der Waals surface area contributed by atoms with E-state index in [-0.39, 0.29) is 11.9 Å². The van der Waals surface area contributed by atoms with Crippen LogP contribution in [0.5, 0.6) is 0 Å². The van der Waals surface area contributed by atoms with Gasteiger partial charge in [0.15, 0.2) is 5.16 Å². The van der Waals surface area contributed by atoms with Crippen molar-refractivity contribution < 1.29 is 9.53 Å². The number of rotatable bonds is 6. The molecule has 106 valence electrons. The first-order valence-corrected chi connectivity index (χ1v) is 6.98. The molecule has 0 spiro atoms. The van der Waals surface area contributed by atoms with E-state index in [1.54, 1.807) is 6.07 Å². The zero-order valence-electron chi connectivity index (χ0n) is 11.4. The van der Waals surface area contributed by atoms with E-state index in [0.29, 0.717) is 16.8 Å². The summed E-state index contributed by atoms with van der Waals surface area (Å²) in [7, 11) is 1.36. The van der Waals surface area contributed by atoms with Crippen LogP contribution in [0.2, 0.25) is 0 Å². The maximum atomic E-state index is 11.7. The first-order valence-electron chi connectivity index (χ1n) is 5.75. The maximum Gasteiger partial charge on any atom is 0.328 e. The number of nitrogens with zero attached hydrogens (tertiary/aromatic N) is 2. The standard InChI is InChI=1S/C11H19N5O2S/c1-6(2)9(10(17)18-3)13-7-5-8(16-12)15-11(14-7)19-4/h5-6,9H,12H2,1-4H3,(H2,13,14,15,16). The molecule has 0 aliphatic heterocycles. The molecule has 0 aliphatic rings. The van der Waals surface area contributed by atoms with Crippen molar-refractivity contribution in [1.82, 2.24) is 9.97 Å². The van der Waals surface area contributed by atoms with Gasteiger partial charge in [-0.3, -0.25) is 0 Å². The zero-order valence-corrected chi connectivity index (χ0v) is 12.2. The number of nitrogens with one attached hydrogen (secondary N) is 2. The third kappa shape index (κ3) is 4.25. The van der Waals surface area contributed by atoms with Gasteiger partial charge in [-0.1, -0.05) is 25.6 Å². The monoisotopic (exact) mass is 285 g/mol. The largest absolute Gasteiger partial charge is 0.467 e. The summed E-state index contributed by atoms with van der Waals surface area (Å²) >= 11 is 1.39. The SMILES string of the molecule is COC(=O)C(Nc1cc(NN)nc(SC)n1)C(C)C. The van der Waals surface area contributed by atoms with E-state index < -0.39 is 6.04 Å². The highest BCUT2D eigenvalue weighted by Crippen LogP contribution is 2.19. The van der Waals surface area contributed by atoms with E-state index in [0.717, 1.165) is 0 Å². The molecule has 1 rings (SSSR count). The Morgan fingerprint density at radius 3 is 2.53 bits per heavy atom. The van der Waals surface area contributed by atoms with E-state index in [2.05, 4.69) is 20.7 Å². The molecule has 4 N–H and O–H groups in total. The number of hydrazine groups is 1. The Hall–Kier alpha value is -1.54. The van der Waals surface area contributed by atoms with Crippen LogP contribution in [0.25, 0.3) is 0 Å². The van der Waals surface area contributed by atoms with Crippen LogP contribution in [0, 0.1) is 5.92 Å². The number of hydrogen-bond acceptors (Lipinski definition) is 8. The third-order valence-electron chi connectivity index (χ3n) is 2.46. The number of nitrogens with two attached hydrogens (primary N) is 1. The van der Waals surface area contributed by atoms with Crippen LogP contribution < -0.4 is 16.6 Å². The molecule has 7 nitrogen and oxygen atoms in total. The van der Waals surface area contributed by atoms with Gasteiger partial charge in [0.1, 0.15) is 17.7 Å². The molecular weight excluding hydrogens is 266 g/mol. The van der Waals surface area contributed by atoms with E-state index in [4.69, 9.17) is 10.6 Å². The summed E-state index contributed by atoms with van der Waals surface area (Å²) in [4.78, 5) is 20.1. The molecule has 0 aromatic carbocycles. The second kappa shape index (κ2) is 7.15. The van der Waals surface area contributed by atoms with Crippen molar-refractivity contribution in [3.05, 3.63) is 6.07 Å². The van der Waals surface area contributed by atoms with E-state index >= 15 is 0 Å². The van der Waals surface area contributed by atoms with Gasteiger partial charge >= 0.3 is 5.97 Å². The predicted molar refractivity (Wildman–Crippen MR) is 75.9 cm³/mol. The topological polar surface area (TPSA) is 102 Å². The fraction of sp³-hybridized carbons (Fsp3) is 0.545. The van der Waals surface area contributed by atoms with Gasteiger partial charge in [0.2, 0.25) is 0 Å². The minimum absolute atomic E-state index is 0.0643. The minimum Gasteiger partial charge on any atom is -0.467 e. The Bertz CT molecular complexity index is 419. The molecule has 0 amide bonds. The van der Waals surface area contributed by atoms with Gasteiger partial charge in [0, 0.05) is 6.07 Å². The fourth-order valence-electron chi connectivity index (χ4n) is 1.45. The van der Waals surface area contributed by atoms with E-state index in [1.165, 1.54) is 18.9 Å². The average molecular weight is 285 g/mol. The lowest BCUT2D eigenvalue weighted by Crippen LogP contribution is -2.35. The molecule has 0 radical (unpaired) electrons. The second-order valence-corrected chi connectivity index (χ2v) is 4.93. The number of carbonyl (C=O) groups is 1. The third-order valence-corrected chi connectivity index (χ3v) is 3.01. The van der Waals surface area contributed by atoms with Crippen LogP contribution in [-0.4, -0.2) is 35.3 Å². The Balaban J connectivity index is 2.98. The molecule has 0 saturated carbocycles. The fourth-order valence-corrected chi connectivity index (χ4v) is 1.83. The number of nitrogen functional groups attached to an aromatic ring is 1. The van der Waals surface area contributed by atoms with Crippen LogP contribution >= 0.6 is 11.8 Å². The van der Waals surface area contributed by atoms with Crippen molar-refractivity contribution in [3.8, 4) is 0 Å². The molecular formula is C11H19N5O2S. The van der Waals surface area contributed by atoms with Gasteiger partial charge in [-0.15, -0.1) is 0 Å². The van der Waals surface area contributed by atoms with Gasteiger partial charge in [-0.25, -0.2) is 20.6 Å². The van der Waals surface area contributed by atoms with Crippen molar-refractivity contribution in [2.24, 2.45) is 11.8 Å². The van der Waals surface area contributed by atoms with Gasteiger partial charge in [0.05, 0.1) is 7.11 Å². The summed E-state index contributed by atoms with van der Waals surface area (Å²) in [5, 5.41) is 3.60. The number of anilines is 2. The Morgan fingerprint density at radius 1 is 1.42 bits per heavy atom. The van der Waals surface area contributed by atoms with Crippen molar-refractivity contribution >= 4 is 29.4 Å². The molecule has 19 heavy (non-hydrogen) atoms. The summed E-state index contributed by atoms with van der Waals surface area (Å²) in [5.41, 5.74) is 2.47. The van der Waals surface area contributed by atoms with Gasteiger partial charge in [0.25, 0.3) is 0 Å². The highest BCUT2D eigenvalue weighted by atomic mass is 32.2. The number of hydrogen-bond donors (Lipinski definition) is 3. The van der Waals surface area contributed by atoms with Gasteiger partial charge < -0.3 is 15.5 Å². The number of ether oxygens (including phenoxy) is 1. The number of thioether (sulfide) groups is 1. The summed E-state index contributed by atoms with van der Waals surface area (Å²) in [6, 6.07) is 1.16. The van der Waals surface area contributed by atoms with Crippen LogP contribution in [-0.2, 0) is 9.53 Å². The molecule has 1 aromatic heterocycles. The Labute approximate surface area is 116 Å². The van der Waals surface area contributed by atoms with Crippen LogP contribution in [0.4, 0.5) is 11.6 Å². The summed E-state index contributed by atoms with van der Waals surface area (Å²) in [5.74, 6) is 6.09. The first kappa shape index (κ1) is 15.5. The zero-order chi connectivity index (χ0) is 14.4. The van der Waals surface area contributed by atoms with Crippen molar-refractivity contribution in [2.75, 3.05) is 24.1 Å². The molecule has 8 heteroatoms. The lowest BCUT2D eigenvalue weighted by molar-refractivity contribution is -0.142. The number of aromatic nitrogens is 2. The highest BCUT2D eigenvalue weighted by Gasteiger charge is 2.23. The number of carbonyl (C=O) groups excluding carboxylic acids is 1. The lowest BCUT2D eigenvalue weighted by Gasteiger charge is -2.20. The Morgan fingerprint density at radius 2 is 2.05 bits per heavy atom. The molecule has 0 fully saturated rings. The summed E-state index contributed by atoms with van der Waals surface area (Å²) in [6.45, 7) is 3.85. The maximum absolute atomic E-state index is 11.7. The smallest absolute Gasteiger partial charge is 0.328 e. The molecule has 0 bridgehead atoms. The van der Waals surface area contributed by atoms with Gasteiger partial charge in [-0.2, -0.15) is 0 Å². The summed E-state index contributed by atoms with van der Waals surface area (Å²) in [6.07, 6.45) is 1.86. The van der Waals surface area contributed by atoms with Crippen LogP contribution in [0.1, 0.15) is 13.8 Å². The Kier molecular flexibility index (Phi) is 5.84. The lowest BCUT2D eigenvalue weighted by atomic mass is 10.0. The minimum atomic E-state index is -0.472. The molecule has 1 atom stereocenters. The quantitative estimate of drug-likeness (QED) is 0.235. The highest BCUT2D eigenvalue weighted by molar-refractivity contribution is 7.98. The molecule has 1 heterocycles. The average Bonchev–Trinajstić information content (AvgIpc) is 2.43. The van der Waals surface area contributed by atoms with Gasteiger partial charge in [-0.05, 0) is 12.2 Å². The molecule has 0 saturated heterocycles. The van der Waals surface area contributed by atoms with Crippen LogP contribution in [0.3, 0.4) is 0 Å². The van der Waals surface area contributed by atoms with Crippen molar-refractivity contribution in [2.45, 2.75) is 25.0 Å². The summed E-state index contributed by atoms with van der Waals surface area (Å²) < 4.78 is 4.77. The number of methoxy groups -OCH3 is 1. The van der Waals surface area contributed by atoms with E-state index in [9.17, 15) is 4.79 Å². The molecule has 1 aromatic rings. The predicted octanol–water partition coefficient (Wildman–Crippen LogP) is 1.09. The van der Waals surface area contributed by atoms with Crippen molar-refractivity contribution in [3.63, 3.8) is 0 Å². The van der Waals surface area contributed by atoms with Crippen molar-refractivity contribution in [1.29, 1.82) is 0 Å². The molecule has 1 unspecified atom stereocenters. The van der Waals surface area contributed by atoms with Crippen LogP contribution in [0.15, 0.2) is 11.2 Å². The number of esters is 1. The van der Waals surface area contributed by atoms with E-state index in [1.807, 2.05) is 20.1 Å². The normalized spacial score (nSPS) is 12.1.